The van der Waals surface area contributed by atoms with E-state index in [1.54, 1.807) is 31.3 Å². The molecule has 0 aliphatic rings. The summed E-state index contributed by atoms with van der Waals surface area (Å²) in [4.78, 5) is 11.7. The fraction of sp³-hybridized carbons (Fsp3) is 0.308. The summed E-state index contributed by atoms with van der Waals surface area (Å²) in [6.07, 6.45) is 0.768. The molecule has 0 aliphatic carbocycles. The Hall–Kier alpha value is -2.57. The minimum atomic E-state index is -0.391. The van der Waals surface area contributed by atoms with Crippen molar-refractivity contribution in [1.29, 1.82) is 10.8 Å². The second-order valence-electron chi connectivity index (χ2n) is 3.97. The molecule has 1 aromatic rings. The van der Waals surface area contributed by atoms with E-state index in [1.807, 2.05) is 6.92 Å². The van der Waals surface area contributed by atoms with Gasteiger partial charge in [0.2, 0.25) is 0 Å². The normalized spacial score (nSPS) is 9.50. The van der Waals surface area contributed by atoms with Gasteiger partial charge in [0.1, 0.15) is 0 Å². The Kier molecular flexibility index (Phi) is 6.02. The molecule has 0 amide bonds. The number of nitrogens with one attached hydrogen (secondary N) is 5. The van der Waals surface area contributed by atoms with E-state index in [-0.39, 0.29) is 11.9 Å². The van der Waals surface area contributed by atoms with Gasteiger partial charge >= 0.3 is 5.97 Å². The lowest BCUT2D eigenvalue weighted by molar-refractivity contribution is 0.0505. The minimum Gasteiger partial charge on any atom is -0.462 e. The molecule has 0 saturated heterocycles. The van der Waals surface area contributed by atoms with Crippen LogP contribution in [0.2, 0.25) is 0 Å². The highest BCUT2D eigenvalue weighted by molar-refractivity contribution is 6.03. The van der Waals surface area contributed by atoms with Gasteiger partial charge in [0.05, 0.1) is 12.2 Å². The van der Waals surface area contributed by atoms with Crippen LogP contribution in [0, 0.1) is 10.8 Å². The van der Waals surface area contributed by atoms with Crippen molar-refractivity contribution in [3.8, 4) is 0 Å². The lowest BCUT2D eigenvalue weighted by Crippen LogP contribution is -2.41. The molecule has 1 rings (SSSR count). The van der Waals surface area contributed by atoms with Gasteiger partial charge in [-0.1, -0.05) is 13.0 Å². The molecule has 1 aromatic carbocycles. The van der Waals surface area contributed by atoms with Crippen LogP contribution in [0.4, 0.5) is 5.69 Å². The van der Waals surface area contributed by atoms with E-state index in [0.717, 1.165) is 6.42 Å². The first-order valence-electron chi connectivity index (χ1n) is 6.23. The van der Waals surface area contributed by atoms with Gasteiger partial charge in [-0.3, -0.25) is 16.1 Å². The summed E-state index contributed by atoms with van der Waals surface area (Å²) in [5, 5.41) is 22.8. The molecule has 0 atom stereocenters. The predicted octanol–water partition coefficient (Wildman–Crippen LogP) is 1.34. The SMILES string of the molecule is CCCOC(=O)c1cccc(NC(=N)NC(=N)NC)c1. The first-order valence-corrected chi connectivity index (χ1v) is 6.23. The van der Waals surface area contributed by atoms with Gasteiger partial charge in [-0.15, -0.1) is 0 Å². The van der Waals surface area contributed by atoms with Gasteiger partial charge in [0.25, 0.3) is 0 Å². The maximum absolute atomic E-state index is 11.7. The highest BCUT2D eigenvalue weighted by atomic mass is 16.5. The molecule has 0 saturated carbocycles. The van der Waals surface area contributed by atoms with Crippen molar-refractivity contribution in [2.24, 2.45) is 0 Å². The summed E-state index contributed by atoms with van der Waals surface area (Å²) in [7, 11) is 1.58. The van der Waals surface area contributed by atoms with Gasteiger partial charge in [-0.25, -0.2) is 4.79 Å². The third kappa shape index (κ3) is 4.97. The number of carbonyl (C=O) groups is 1. The van der Waals surface area contributed by atoms with E-state index >= 15 is 0 Å². The van der Waals surface area contributed by atoms with E-state index < -0.39 is 5.97 Å². The van der Waals surface area contributed by atoms with Crippen molar-refractivity contribution in [3.05, 3.63) is 29.8 Å². The molecule has 0 aromatic heterocycles. The fourth-order valence-corrected chi connectivity index (χ4v) is 1.37. The molecule has 0 aliphatic heterocycles. The number of ether oxygens (including phenoxy) is 1. The standard InChI is InChI=1S/C13H19N5O2/c1-3-7-20-11(19)9-5-4-6-10(8-9)17-13(15)18-12(14)16-2/h4-6,8H,3,7H2,1-2H3,(H5,14,15,16,17,18). The number of hydrogen-bond acceptors (Lipinski definition) is 4. The van der Waals surface area contributed by atoms with Crippen LogP contribution in [0.5, 0.6) is 0 Å². The van der Waals surface area contributed by atoms with E-state index in [2.05, 4.69) is 16.0 Å². The molecule has 0 radical (unpaired) electrons. The number of rotatable bonds is 4. The van der Waals surface area contributed by atoms with E-state index in [9.17, 15) is 4.79 Å². The number of hydrogen-bond donors (Lipinski definition) is 5. The number of anilines is 1. The van der Waals surface area contributed by atoms with Crippen molar-refractivity contribution in [2.45, 2.75) is 13.3 Å². The monoisotopic (exact) mass is 277 g/mol. The van der Waals surface area contributed by atoms with E-state index in [1.165, 1.54) is 0 Å². The van der Waals surface area contributed by atoms with Gasteiger partial charge in [-0.2, -0.15) is 0 Å². The first kappa shape index (κ1) is 15.5. The minimum absolute atomic E-state index is 0.000935. The molecular formula is C13H19N5O2. The van der Waals surface area contributed by atoms with Crippen LogP contribution < -0.4 is 16.0 Å². The van der Waals surface area contributed by atoms with Crippen molar-refractivity contribution in [1.82, 2.24) is 10.6 Å². The Bertz CT molecular complexity index is 501. The molecule has 0 fully saturated rings. The summed E-state index contributed by atoms with van der Waals surface area (Å²) in [5.74, 6) is -0.456. The van der Waals surface area contributed by atoms with Crippen LogP contribution in [-0.4, -0.2) is 31.5 Å². The lowest BCUT2D eigenvalue weighted by Gasteiger charge is -2.11. The van der Waals surface area contributed by atoms with Crippen LogP contribution in [0.15, 0.2) is 24.3 Å². The number of benzene rings is 1. The molecule has 5 N–H and O–H groups in total. The van der Waals surface area contributed by atoms with Crippen molar-refractivity contribution in [3.63, 3.8) is 0 Å². The number of guanidine groups is 2. The van der Waals surface area contributed by atoms with Crippen LogP contribution in [0.3, 0.4) is 0 Å². The van der Waals surface area contributed by atoms with Crippen molar-refractivity contribution >= 4 is 23.6 Å². The highest BCUT2D eigenvalue weighted by Crippen LogP contribution is 2.11. The molecule has 0 spiro atoms. The van der Waals surface area contributed by atoms with Crippen LogP contribution in [0.1, 0.15) is 23.7 Å². The molecular weight excluding hydrogens is 258 g/mol. The number of carbonyl (C=O) groups excluding carboxylic acids is 1. The van der Waals surface area contributed by atoms with Crippen LogP contribution >= 0.6 is 0 Å². The molecule has 0 heterocycles. The van der Waals surface area contributed by atoms with Crippen LogP contribution in [0.25, 0.3) is 0 Å². The zero-order valence-corrected chi connectivity index (χ0v) is 11.5. The average molecular weight is 277 g/mol. The molecule has 0 unspecified atom stereocenters. The maximum Gasteiger partial charge on any atom is 0.338 e. The third-order valence-electron chi connectivity index (χ3n) is 2.30. The Morgan fingerprint density at radius 2 is 2.05 bits per heavy atom. The summed E-state index contributed by atoms with van der Waals surface area (Å²) < 4.78 is 5.04. The average Bonchev–Trinajstić information content (AvgIpc) is 2.44. The molecule has 0 bridgehead atoms. The van der Waals surface area contributed by atoms with Crippen molar-refractivity contribution in [2.75, 3.05) is 19.0 Å². The van der Waals surface area contributed by atoms with Gasteiger partial charge < -0.3 is 15.4 Å². The van der Waals surface area contributed by atoms with E-state index in [4.69, 9.17) is 15.6 Å². The highest BCUT2D eigenvalue weighted by Gasteiger charge is 2.08. The van der Waals surface area contributed by atoms with Gasteiger partial charge in [-0.05, 0) is 24.6 Å². The summed E-state index contributed by atoms with van der Waals surface area (Å²) in [5.41, 5.74) is 0.984. The third-order valence-corrected chi connectivity index (χ3v) is 2.30. The quantitative estimate of drug-likeness (QED) is 0.324. The maximum atomic E-state index is 11.7. The molecule has 7 heteroatoms. The largest absolute Gasteiger partial charge is 0.462 e. The zero-order valence-electron chi connectivity index (χ0n) is 11.5. The lowest BCUT2D eigenvalue weighted by atomic mass is 10.2. The summed E-state index contributed by atoms with van der Waals surface area (Å²) in [6.45, 7) is 2.31. The zero-order chi connectivity index (χ0) is 15.0. The second kappa shape index (κ2) is 7.78. The van der Waals surface area contributed by atoms with E-state index in [0.29, 0.717) is 17.9 Å². The predicted molar refractivity (Wildman–Crippen MR) is 78.3 cm³/mol. The summed E-state index contributed by atoms with van der Waals surface area (Å²) in [6, 6.07) is 6.66. The molecule has 7 nitrogen and oxygen atoms in total. The Morgan fingerprint density at radius 1 is 1.30 bits per heavy atom. The first-order chi connectivity index (χ1) is 9.56. The molecule has 108 valence electrons. The Morgan fingerprint density at radius 3 is 2.70 bits per heavy atom. The van der Waals surface area contributed by atoms with Gasteiger partial charge in [0, 0.05) is 12.7 Å². The van der Waals surface area contributed by atoms with Gasteiger partial charge in [0.15, 0.2) is 11.9 Å². The summed E-state index contributed by atoms with van der Waals surface area (Å²) >= 11 is 0. The van der Waals surface area contributed by atoms with Crippen LogP contribution in [-0.2, 0) is 4.74 Å². The topological polar surface area (TPSA) is 110 Å². The second-order valence-corrected chi connectivity index (χ2v) is 3.97. The van der Waals surface area contributed by atoms with Crippen molar-refractivity contribution < 1.29 is 9.53 Å². The number of esters is 1. The Labute approximate surface area is 117 Å². The Balaban J connectivity index is 2.66. The fourth-order valence-electron chi connectivity index (χ4n) is 1.37. The molecule has 20 heavy (non-hydrogen) atoms. The smallest absolute Gasteiger partial charge is 0.338 e.